The van der Waals surface area contributed by atoms with Crippen LogP contribution in [0.4, 0.5) is 4.79 Å². The van der Waals surface area contributed by atoms with Crippen molar-refractivity contribution in [3.8, 4) is 0 Å². The van der Waals surface area contributed by atoms with Crippen LogP contribution in [0.2, 0.25) is 0 Å². The van der Waals surface area contributed by atoms with Crippen LogP contribution in [0.25, 0.3) is 0 Å². The molecule has 1 N–H and O–H groups in total. The summed E-state index contributed by atoms with van der Waals surface area (Å²) in [6.45, 7) is 2.37. The zero-order valence-electron chi connectivity index (χ0n) is 14.4. The van der Waals surface area contributed by atoms with Gasteiger partial charge in [0.2, 0.25) is 0 Å². The summed E-state index contributed by atoms with van der Waals surface area (Å²) in [5.41, 5.74) is 4.07. The molecular formula is C19H25N3OS. The molecule has 2 amide bonds. The summed E-state index contributed by atoms with van der Waals surface area (Å²) < 4.78 is 0. The molecule has 0 bridgehead atoms. The van der Waals surface area contributed by atoms with Gasteiger partial charge in [-0.3, -0.25) is 0 Å². The maximum absolute atomic E-state index is 12.5. The van der Waals surface area contributed by atoms with Crippen molar-refractivity contribution in [1.29, 1.82) is 0 Å². The van der Waals surface area contributed by atoms with Crippen LogP contribution in [0.5, 0.6) is 0 Å². The van der Waals surface area contributed by atoms with Crippen molar-refractivity contribution < 1.29 is 4.79 Å². The molecule has 0 saturated carbocycles. The third kappa shape index (κ3) is 4.16. The van der Waals surface area contributed by atoms with E-state index in [1.807, 2.05) is 23.9 Å². The molecule has 128 valence electrons. The molecule has 0 spiro atoms. The minimum Gasteiger partial charge on any atom is -0.327 e. The highest BCUT2D eigenvalue weighted by atomic mass is 32.1. The van der Waals surface area contributed by atoms with Crippen LogP contribution in [0.15, 0.2) is 41.1 Å². The van der Waals surface area contributed by atoms with Gasteiger partial charge in [-0.2, -0.15) is 11.3 Å². The first-order chi connectivity index (χ1) is 11.6. The first-order valence-corrected chi connectivity index (χ1v) is 9.35. The Morgan fingerprint density at radius 3 is 2.75 bits per heavy atom. The molecule has 4 nitrogen and oxygen atoms in total. The van der Waals surface area contributed by atoms with Crippen LogP contribution in [0, 0.1) is 0 Å². The van der Waals surface area contributed by atoms with Crippen molar-refractivity contribution in [3.05, 3.63) is 57.8 Å². The molecule has 1 atom stereocenters. The van der Waals surface area contributed by atoms with Crippen molar-refractivity contribution >= 4 is 17.4 Å². The van der Waals surface area contributed by atoms with Crippen molar-refractivity contribution in [2.24, 2.45) is 0 Å². The number of fused-ring (bicyclic) bond motifs is 1. The van der Waals surface area contributed by atoms with Crippen LogP contribution in [-0.4, -0.2) is 49.1 Å². The van der Waals surface area contributed by atoms with E-state index in [0.717, 1.165) is 32.5 Å². The highest BCUT2D eigenvalue weighted by molar-refractivity contribution is 7.07. The number of nitrogens with zero attached hydrogens (tertiary/aromatic N) is 2. The lowest BCUT2D eigenvalue weighted by molar-refractivity contribution is 0.168. The lowest BCUT2D eigenvalue weighted by atomic mass is 9.96. The molecule has 5 heteroatoms. The lowest BCUT2D eigenvalue weighted by Crippen LogP contribution is -2.48. The molecular weight excluding hydrogens is 318 g/mol. The molecule has 1 aliphatic heterocycles. The SMILES string of the molecule is CN(CCc1ccsc1)C(=O)N(C)C[C@@H]1Cc2ccccc2CN1. The molecule has 2 aromatic rings. The van der Waals surface area contributed by atoms with E-state index < -0.39 is 0 Å². The Hall–Kier alpha value is -1.85. The highest BCUT2D eigenvalue weighted by Gasteiger charge is 2.22. The summed E-state index contributed by atoms with van der Waals surface area (Å²) in [7, 11) is 3.78. The Kier molecular flexibility index (Phi) is 5.53. The fourth-order valence-corrected chi connectivity index (χ4v) is 3.88. The number of nitrogens with one attached hydrogen (secondary N) is 1. The van der Waals surface area contributed by atoms with Gasteiger partial charge < -0.3 is 15.1 Å². The van der Waals surface area contributed by atoms with Crippen LogP contribution in [-0.2, 0) is 19.4 Å². The maximum atomic E-state index is 12.5. The number of thiophene rings is 1. The Morgan fingerprint density at radius 2 is 2.00 bits per heavy atom. The largest absolute Gasteiger partial charge is 0.327 e. The predicted molar refractivity (Wildman–Crippen MR) is 99.5 cm³/mol. The Balaban J connectivity index is 1.49. The van der Waals surface area contributed by atoms with Gasteiger partial charge in [0.05, 0.1) is 0 Å². The monoisotopic (exact) mass is 343 g/mol. The van der Waals surface area contributed by atoms with E-state index in [4.69, 9.17) is 0 Å². The van der Waals surface area contributed by atoms with E-state index in [1.165, 1.54) is 16.7 Å². The average Bonchev–Trinajstić information content (AvgIpc) is 3.12. The minimum absolute atomic E-state index is 0.0888. The third-order valence-electron chi connectivity index (χ3n) is 4.63. The van der Waals surface area contributed by atoms with Crippen molar-refractivity contribution in [3.63, 3.8) is 0 Å². The number of hydrogen-bond donors (Lipinski definition) is 1. The summed E-state index contributed by atoms with van der Waals surface area (Å²) in [5, 5.41) is 7.77. The fraction of sp³-hybridized carbons (Fsp3) is 0.421. The number of hydrogen-bond acceptors (Lipinski definition) is 3. The lowest BCUT2D eigenvalue weighted by Gasteiger charge is -2.31. The van der Waals surface area contributed by atoms with E-state index in [0.29, 0.717) is 6.04 Å². The number of rotatable bonds is 5. The molecule has 0 radical (unpaired) electrons. The predicted octanol–water partition coefficient (Wildman–Crippen LogP) is 2.99. The van der Waals surface area contributed by atoms with E-state index in [2.05, 4.69) is 46.4 Å². The van der Waals surface area contributed by atoms with Gasteiger partial charge in [0.15, 0.2) is 0 Å². The van der Waals surface area contributed by atoms with Crippen molar-refractivity contribution in [2.45, 2.75) is 25.4 Å². The van der Waals surface area contributed by atoms with E-state index in [-0.39, 0.29) is 6.03 Å². The second kappa shape index (κ2) is 7.81. The Morgan fingerprint density at radius 1 is 1.21 bits per heavy atom. The Labute approximate surface area is 148 Å². The van der Waals surface area contributed by atoms with Gasteiger partial charge in [0.25, 0.3) is 0 Å². The summed E-state index contributed by atoms with van der Waals surface area (Å²) in [4.78, 5) is 16.2. The number of carbonyl (C=O) groups excluding carboxylic acids is 1. The second-order valence-electron chi connectivity index (χ2n) is 6.52. The molecule has 0 aliphatic carbocycles. The molecule has 1 aliphatic rings. The zero-order chi connectivity index (χ0) is 16.9. The maximum Gasteiger partial charge on any atom is 0.319 e. The van der Waals surface area contributed by atoms with E-state index in [9.17, 15) is 4.79 Å². The number of carbonyl (C=O) groups is 1. The first kappa shape index (κ1) is 17.0. The molecule has 0 unspecified atom stereocenters. The van der Waals surface area contributed by atoms with Gasteiger partial charge in [0.1, 0.15) is 0 Å². The molecule has 0 saturated heterocycles. The standard InChI is InChI=1S/C19H25N3OS/c1-21(9-7-15-8-10-24-14-15)19(23)22(2)13-18-11-16-5-3-4-6-17(16)12-20-18/h3-6,8,10,14,18,20H,7,9,11-13H2,1-2H3/t18-/m0/s1. The zero-order valence-corrected chi connectivity index (χ0v) is 15.2. The van der Waals surface area contributed by atoms with Gasteiger partial charge >= 0.3 is 6.03 Å². The van der Waals surface area contributed by atoms with Crippen LogP contribution < -0.4 is 5.32 Å². The van der Waals surface area contributed by atoms with E-state index in [1.54, 1.807) is 11.3 Å². The number of urea groups is 1. The van der Waals surface area contributed by atoms with Crippen molar-refractivity contribution in [2.75, 3.05) is 27.2 Å². The summed E-state index contributed by atoms with van der Waals surface area (Å²) in [6.07, 6.45) is 1.89. The average molecular weight is 343 g/mol. The third-order valence-corrected chi connectivity index (χ3v) is 5.36. The topological polar surface area (TPSA) is 35.6 Å². The van der Waals surface area contributed by atoms with E-state index >= 15 is 0 Å². The van der Waals surface area contributed by atoms with Crippen LogP contribution in [0.1, 0.15) is 16.7 Å². The summed E-state index contributed by atoms with van der Waals surface area (Å²) >= 11 is 1.70. The molecule has 2 heterocycles. The second-order valence-corrected chi connectivity index (χ2v) is 7.30. The van der Waals surface area contributed by atoms with Gasteiger partial charge in [-0.05, 0) is 46.4 Å². The quantitative estimate of drug-likeness (QED) is 0.906. The fourth-order valence-electron chi connectivity index (χ4n) is 3.18. The number of benzene rings is 1. The highest BCUT2D eigenvalue weighted by Crippen LogP contribution is 2.17. The molecule has 1 aromatic heterocycles. The number of likely N-dealkylation sites (N-methyl/N-ethyl adjacent to an activating group) is 2. The first-order valence-electron chi connectivity index (χ1n) is 8.41. The Bertz CT molecular complexity index is 671. The summed E-state index contributed by atoms with van der Waals surface area (Å²) in [5.74, 6) is 0. The van der Waals surface area contributed by atoms with Crippen LogP contribution in [0.3, 0.4) is 0 Å². The van der Waals surface area contributed by atoms with Crippen LogP contribution >= 0.6 is 11.3 Å². The normalized spacial score (nSPS) is 16.5. The minimum atomic E-state index is 0.0888. The molecule has 0 fully saturated rings. The molecule has 24 heavy (non-hydrogen) atoms. The van der Waals surface area contributed by atoms with Gasteiger partial charge in [-0.25, -0.2) is 4.79 Å². The molecule has 1 aromatic carbocycles. The molecule has 3 rings (SSSR count). The van der Waals surface area contributed by atoms with Gasteiger partial charge in [-0.1, -0.05) is 24.3 Å². The summed E-state index contributed by atoms with van der Waals surface area (Å²) in [6, 6.07) is 11.1. The van der Waals surface area contributed by atoms with Gasteiger partial charge in [-0.15, -0.1) is 0 Å². The smallest absolute Gasteiger partial charge is 0.319 e. The van der Waals surface area contributed by atoms with Gasteiger partial charge in [0, 0.05) is 39.8 Å². The van der Waals surface area contributed by atoms with Crippen molar-refractivity contribution in [1.82, 2.24) is 15.1 Å². The number of amides is 2.